The van der Waals surface area contributed by atoms with Gasteiger partial charge in [0.15, 0.2) is 0 Å². The molecule has 0 bridgehead atoms. The van der Waals surface area contributed by atoms with E-state index in [0.717, 1.165) is 10.5 Å². The average molecular weight is 313 g/mol. The smallest absolute Gasteiger partial charge is 0.381 e. The Kier molecular flexibility index (Phi) is 5.60. The molecule has 1 saturated heterocycles. The molecule has 1 aliphatic heterocycles. The van der Waals surface area contributed by atoms with Crippen molar-refractivity contribution in [2.75, 3.05) is 19.8 Å². The summed E-state index contributed by atoms with van der Waals surface area (Å²) in [7, 11) is 0. The zero-order chi connectivity index (χ0) is 16.0. The van der Waals surface area contributed by atoms with Gasteiger partial charge in [0.2, 0.25) is 5.91 Å². The van der Waals surface area contributed by atoms with Gasteiger partial charge in [0.05, 0.1) is 0 Å². The Morgan fingerprint density at radius 3 is 2.45 bits per heavy atom. The monoisotopic (exact) mass is 313 g/mol. The van der Waals surface area contributed by atoms with Gasteiger partial charge >= 0.3 is 6.18 Å². The zero-order valence-corrected chi connectivity index (χ0v) is 12.1. The van der Waals surface area contributed by atoms with Gasteiger partial charge in [-0.25, -0.2) is 0 Å². The van der Waals surface area contributed by atoms with Crippen LogP contribution in [-0.4, -0.2) is 42.8 Å². The number of hydrogen-bond donors (Lipinski definition) is 0. The Hall–Kier alpha value is -1.82. The number of rotatable bonds is 4. The summed E-state index contributed by atoms with van der Waals surface area (Å²) >= 11 is 0. The maximum absolute atomic E-state index is 12.7. The summed E-state index contributed by atoms with van der Waals surface area (Å²) in [5, 5.41) is 0. The minimum atomic E-state index is -4.41. The van der Waals surface area contributed by atoms with Crippen molar-refractivity contribution in [2.24, 2.45) is 0 Å². The normalized spacial score (nSPS) is 16.9. The largest absolute Gasteiger partial charge is 0.406 e. The first kappa shape index (κ1) is 16.5. The van der Waals surface area contributed by atoms with Crippen molar-refractivity contribution in [3.63, 3.8) is 0 Å². The van der Waals surface area contributed by atoms with E-state index in [1.165, 1.54) is 12.2 Å². The molecule has 0 spiro atoms. The third-order valence-corrected chi connectivity index (χ3v) is 3.48. The van der Waals surface area contributed by atoms with Crippen molar-refractivity contribution in [3.8, 4) is 0 Å². The van der Waals surface area contributed by atoms with Gasteiger partial charge in [-0.15, -0.1) is 0 Å². The van der Waals surface area contributed by atoms with Crippen molar-refractivity contribution in [1.29, 1.82) is 0 Å². The molecule has 1 fully saturated rings. The fourth-order valence-electron chi connectivity index (χ4n) is 2.40. The van der Waals surface area contributed by atoms with E-state index in [0.29, 0.717) is 26.1 Å². The van der Waals surface area contributed by atoms with Crippen molar-refractivity contribution in [2.45, 2.75) is 25.1 Å². The van der Waals surface area contributed by atoms with E-state index in [2.05, 4.69) is 0 Å². The second kappa shape index (κ2) is 7.45. The van der Waals surface area contributed by atoms with E-state index >= 15 is 0 Å². The highest BCUT2D eigenvalue weighted by molar-refractivity contribution is 5.92. The van der Waals surface area contributed by atoms with E-state index in [-0.39, 0.29) is 0 Å². The highest BCUT2D eigenvalue weighted by Gasteiger charge is 2.36. The van der Waals surface area contributed by atoms with Crippen LogP contribution in [-0.2, 0) is 9.53 Å². The Labute approximate surface area is 127 Å². The first-order valence-electron chi connectivity index (χ1n) is 7.14. The Balaban J connectivity index is 2.09. The number of nitrogens with zero attached hydrogens (tertiary/aromatic N) is 1. The molecule has 0 N–H and O–H groups in total. The molecule has 3 nitrogen and oxygen atoms in total. The van der Waals surface area contributed by atoms with Crippen LogP contribution >= 0.6 is 0 Å². The van der Waals surface area contributed by atoms with Gasteiger partial charge in [0.1, 0.15) is 6.54 Å². The zero-order valence-electron chi connectivity index (χ0n) is 12.1. The molecule has 22 heavy (non-hydrogen) atoms. The molecule has 1 heterocycles. The van der Waals surface area contributed by atoms with Crippen LogP contribution in [0.4, 0.5) is 13.2 Å². The number of benzene rings is 1. The number of amides is 1. The van der Waals surface area contributed by atoms with Crippen LogP contribution in [0.25, 0.3) is 6.08 Å². The first-order chi connectivity index (χ1) is 10.5. The van der Waals surface area contributed by atoms with E-state index in [9.17, 15) is 18.0 Å². The van der Waals surface area contributed by atoms with Crippen LogP contribution in [0.15, 0.2) is 36.4 Å². The van der Waals surface area contributed by atoms with Gasteiger partial charge < -0.3 is 9.64 Å². The maximum Gasteiger partial charge on any atom is 0.406 e. The summed E-state index contributed by atoms with van der Waals surface area (Å²) in [6.07, 6.45) is -0.807. The third kappa shape index (κ3) is 5.18. The van der Waals surface area contributed by atoms with Crippen LogP contribution in [0.5, 0.6) is 0 Å². The van der Waals surface area contributed by atoms with Gasteiger partial charge in [-0.1, -0.05) is 30.3 Å². The molecule has 1 amide bonds. The molecule has 0 unspecified atom stereocenters. The van der Waals surface area contributed by atoms with E-state index < -0.39 is 24.7 Å². The lowest BCUT2D eigenvalue weighted by Gasteiger charge is -2.34. The number of carbonyl (C=O) groups excluding carboxylic acids is 1. The van der Waals surface area contributed by atoms with Gasteiger partial charge in [-0.05, 0) is 24.5 Å². The lowest BCUT2D eigenvalue weighted by atomic mass is 10.1. The molecule has 0 radical (unpaired) electrons. The van der Waals surface area contributed by atoms with E-state index in [1.807, 2.05) is 6.07 Å². The quantitative estimate of drug-likeness (QED) is 0.799. The number of ether oxygens (including phenoxy) is 1. The van der Waals surface area contributed by atoms with Crippen molar-refractivity contribution < 1.29 is 22.7 Å². The van der Waals surface area contributed by atoms with Gasteiger partial charge in [0, 0.05) is 25.3 Å². The van der Waals surface area contributed by atoms with Crippen LogP contribution in [0.1, 0.15) is 18.4 Å². The molecule has 0 saturated carbocycles. The molecule has 1 aliphatic rings. The number of alkyl halides is 3. The first-order valence-corrected chi connectivity index (χ1v) is 7.14. The summed E-state index contributed by atoms with van der Waals surface area (Å²) < 4.78 is 43.4. The second-order valence-corrected chi connectivity index (χ2v) is 5.17. The second-order valence-electron chi connectivity index (χ2n) is 5.17. The summed E-state index contributed by atoms with van der Waals surface area (Å²) in [4.78, 5) is 13.1. The minimum Gasteiger partial charge on any atom is -0.381 e. The van der Waals surface area contributed by atoms with Crippen molar-refractivity contribution in [1.82, 2.24) is 4.90 Å². The van der Waals surface area contributed by atoms with E-state index in [4.69, 9.17) is 4.74 Å². The topological polar surface area (TPSA) is 29.5 Å². The Bertz CT molecular complexity index is 508. The molecular weight excluding hydrogens is 295 g/mol. The Morgan fingerprint density at radius 1 is 1.23 bits per heavy atom. The molecule has 0 atom stereocenters. The molecule has 0 aromatic heterocycles. The SMILES string of the molecule is O=C(C=Cc1ccccc1)N(CC(F)(F)F)C1CCOCC1. The molecule has 2 rings (SSSR count). The van der Waals surface area contributed by atoms with Crippen LogP contribution in [0, 0.1) is 0 Å². The van der Waals surface area contributed by atoms with Crippen LogP contribution < -0.4 is 0 Å². The van der Waals surface area contributed by atoms with Crippen molar-refractivity contribution in [3.05, 3.63) is 42.0 Å². The molecule has 6 heteroatoms. The molecule has 0 aliphatic carbocycles. The molecular formula is C16H18F3NO2. The predicted octanol–water partition coefficient (Wildman–Crippen LogP) is 3.27. The number of halogens is 3. The minimum absolute atomic E-state index is 0.384. The van der Waals surface area contributed by atoms with Gasteiger partial charge in [0.25, 0.3) is 0 Å². The lowest BCUT2D eigenvalue weighted by molar-refractivity contribution is -0.165. The predicted molar refractivity (Wildman–Crippen MR) is 77.1 cm³/mol. The highest BCUT2D eigenvalue weighted by Crippen LogP contribution is 2.22. The summed E-state index contributed by atoms with van der Waals surface area (Å²) in [6.45, 7) is -0.459. The lowest BCUT2D eigenvalue weighted by Crippen LogP contribution is -2.47. The van der Waals surface area contributed by atoms with Crippen LogP contribution in [0.2, 0.25) is 0 Å². The number of hydrogen-bond acceptors (Lipinski definition) is 2. The van der Waals surface area contributed by atoms with E-state index in [1.54, 1.807) is 24.3 Å². The van der Waals surface area contributed by atoms with Gasteiger partial charge in [-0.2, -0.15) is 13.2 Å². The maximum atomic E-state index is 12.7. The summed E-state index contributed by atoms with van der Waals surface area (Å²) in [6, 6.07) is 8.57. The Morgan fingerprint density at radius 2 is 1.86 bits per heavy atom. The number of carbonyl (C=O) groups is 1. The average Bonchev–Trinajstić information content (AvgIpc) is 2.51. The van der Waals surface area contributed by atoms with Crippen LogP contribution in [0.3, 0.4) is 0 Å². The molecule has 1 aromatic rings. The van der Waals surface area contributed by atoms with Crippen molar-refractivity contribution >= 4 is 12.0 Å². The third-order valence-electron chi connectivity index (χ3n) is 3.48. The highest BCUT2D eigenvalue weighted by atomic mass is 19.4. The van der Waals surface area contributed by atoms with Gasteiger partial charge in [-0.3, -0.25) is 4.79 Å². The fraction of sp³-hybridized carbons (Fsp3) is 0.438. The molecule has 120 valence electrons. The summed E-state index contributed by atoms with van der Waals surface area (Å²) in [5.41, 5.74) is 0.773. The standard InChI is InChI=1S/C16H18F3NO2/c17-16(18,19)12-20(14-8-10-22-11-9-14)15(21)7-6-13-4-2-1-3-5-13/h1-7,14H,8-12H2. The summed E-state index contributed by atoms with van der Waals surface area (Å²) in [5.74, 6) is -0.618. The fourth-order valence-corrected chi connectivity index (χ4v) is 2.40. The molecule has 1 aromatic carbocycles.